The standard InChI is InChI=1S/C25H21F2NO4/c1-25(23(29)30,13-15-10-11-16(26)12-22(15)27)28-24(31)32-14-21-19-8-4-2-6-17(19)18-7-3-5-9-20(18)21/h2-12,21H,13-14H2,1H3,(H,28,31)(H,29,30). The van der Waals surface area contributed by atoms with E-state index < -0.39 is 29.2 Å². The number of benzene rings is 3. The van der Waals surface area contributed by atoms with E-state index in [-0.39, 0.29) is 24.5 Å². The molecule has 0 saturated heterocycles. The Bertz CT molecular complexity index is 1150. The number of carboxylic acid groups (broad SMARTS) is 1. The smallest absolute Gasteiger partial charge is 0.408 e. The minimum atomic E-state index is -1.85. The molecule has 1 amide bonds. The van der Waals surface area contributed by atoms with Crippen molar-refractivity contribution >= 4 is 12.1 Å². The maximum absolute atomic E-state index is 14.0. The van der Waals surface area contributed by atoms with Crippen LogP contribution in [0.5, 0.6) is 0 Å². The highest BCUT2D eigenvalue weighted by Crippen LogP contribution is 2.44. The molecule has 0 bridgehead atoms. The summed E-state index contributed by atoms with van der Waals surface area (Å²) in [5, 5.41) is 12.0. The molecule has 32 heavy (non-hydrogen) atoms. The van der Waals surface area contributed by atoms with E-state index in [1.165, 1.54) is 6.92 Å². The molecule has 0 spiro atoms. The van der Waals surface area contributed by atoms with Crippen molar-refractivity contribution in [2.24, 2.45) is 0 Å². The summed E-state index contributed by atoms with van der Waals surface area (Å²) in [7, 11) is 0. The van der Waals surface area contributed by atoms with E-state index in [2.05, 4.69) is 5.32 Å². The average molecular weight is 437 g/mol. The predicted octanol–water partition coefficient (Wildman–Crippen LogP) is 4.89. The highest BCUT2D eigenvalue weighted by Gasteiger charge is 2.37. The van der Waals surface area contributed by atoms with Gasteiger partial charge in [0.1, 0.15) is 23.8 Å². The van der Waals surface area contributed by atoms with E-state index >= 15 is 0 Å². The number of carbonyl (C=O) groups is 2. The van der Waals surface area contributed by atoms with Crippen molar-refractivity contribution in [1.29, 1.82) is 0 Å². The number of amides is 1. The van der Waals surface area contributed by atoms with Crippen LogP contribution in [-0.4, -0.2) is 29.3 Å². The third-order valence-corrected chi connectivity index (χ3v) is 5.75. The zero-order valence-electron chi connectivity index (χ0n) is 17.3. The summed E-state index contributed by atoms with van der Waals surface area (Å²) in [5.41, 5.74) is 2.31. The second-order valence-corrected chi connectivity index (χ2v) is 8.00. The van der Waals surface area contributed by atoms with Crippen molar-refractivity contribution in [3.63, 3.8) is 0 Å². The van der Waals surface area contributed by atoms with Crippen LogP contribution in [0.15, 0.2) is 66.7 Å². The zero-order valence-corrected chi connectivity index (χ0v) is 17.3. The van der Waals surface area contributed by atoms with Gasteiger partial charge in [-0.25, -0.2) is 18.4 Å². The van der Waals surface area contributed by atoms with Gasteiger partial charge in [-0.05, 0) is 40.8 Å². The predicted molar refractivity (Wildman–Crippen MR) is 114 cm³/mol. The van der Waals surface area contributed by atoms with Gasteiger partial charge in [0, 0.05) is 18.4 Å². The fourth-order valence-corrected chi connectivity index (χ4v) is 4.08. The maximum atomic E-state index is 14.0. The molecule has 0 saturated carbocycles. The topological polar surface area (TPSA) is 75.6 Å². The number of carbonyl (C=O) groups excluding carboxylic acids is 1. The molecule has 7 heteroatoms. The van der Waals surface area contributed by atoms with Gasteiger partial charge in [0.05, 0.1) is 0 Å². The normalized spacial score (nSPS) is 14.2. The van der Waals surface area contributed by atoms with E-state index in [0.29, 0.717) is 6.07 Å². The molecule has 1 unspecified atom stereocenters. The van der Waals surface area contributed by atoms with Crippen molar-refractivity contribution in [3.05, 3.63) is 95.1 Å². The number of nitrogens with one attached hydrogen (secondary N) is 1. The lowest BCUT2D eigenvalue weighted by Gasteiger charge is -2.26. The Morgan fingerprint density at radius 3 is 2.16 bits per heavy atom. The van der Waals surface area contributed by atoms with Gasteiger partial charge < -0.3 is 15.2 Å². The molecule has 1 atom stereocenters. The Balaban J connectivity index is 1.48. The zero-order chi connectivity index (χ0) is 22.9. The molecule has 164 valence electrons. The number of aliphatic carboxylic acids is 1. The molecule has 2 N–H and O–H groups in total. The van der Waals surface area contributed by atoms with E-state index in [0.717, 1.165) is 34.4 Å². The van der Waals surface area contributed by atoms with Gasteiger partial charge in [0.15, 0.2) is 0 Å². The summed E-state index contributed by atoms with van der Waals surface area (Å²) >= 11 is 0. The van der Waals surface area contributed by atoms with Crippen molar-refractivity contribution in [1.82, 2.24) is 5.32 Å². The molecule has 5 nitrogen and oxygen atoms in total. The van der Waals surface area contributed by atoms with Crippen LogP contribution in [0.25, 0.3) is 11.1 Å². The molecule has 3 aromatic carbocycles. The third-order valence-electron chi connectivity index (χ3n) is 5.75. The Morgan fingerprint density at radius 2 is 1.59 bits per heavy atom. The number of rotatable bonds is 6. The molecule has 0 heterocycles. The summed E-state index contributed by atoms with van der Waals surface area (Å²) in [6.07, 6.45) is -1.31. The lowest BCUT2D eigenvalue weighted by Crippen LogP contribution is -2.54. The van der Waals surface area contributed by atoms with Gasteiger partial charge in [-0.1, -0.05) is 54.6 Å². The maximum Gasteiger partial charge on any atom is 0.408 e. The van der Waals surface area contributed by atoms with Crippen LogP contribution in [0.1, 0.15) is 29.5 Å². The molecular weight excluding hydrogens is 416 g/mol. The van der Waals surface area contributed by atoms with Crippen LogP contribution in [0.4, 0.5) is 13.6 Å². The highest BCUT2D eigenvalue weighted by atomic mass is 19.1. The molecular formula is C25H21F2NO4. The van der Waals surface area contributed by atoms with Gasteiger partial charge in [-0.15, -0.1) is 0 Å². The fourth-order valence-electron chi connectivity index (χ4n) is 4.08. The minimum absolute atomic E-state index is 0.0144. The van der Waals surface area contributed by atoms with Crippen LogP contribution in [0.3, 0.4) is 0 Å². The Morgan fingerprint density at radius 1 is 1.00 bits per heavy atom. The molecule has 3 aromatic rings. The first-order valence-electron chi connectivity index (χ1n) is 10.1. The van der Waals surface area contributed by atoms with Gasteiger partial charge in [0.25, 0.3) is 0 Å². The first-order valence-corrected chi connectivity index (χ1v) is 10.1. The van der Waals surface area contributed by atoms with Gasteiger partial charge >= 0.3 is 12.1 Å². The van der Waals surface area contributed by atoms with Gasteiger partial charge in [-0.2, -0.15) is 0 Å². The van der Waals surface area contributed by atoms with E-state index in [1.54, 1.807) is 0 Å². The minimum Gasteiger partial charge on any atom is -0.480 e. The van der Waals surface area contributed by atoms with Crippen molar-refractivity contribution < 1.29 is 28.2 Å². The Labute approximate surface area is 183 Å². The van der Waals surface area contributed by atoms with Crippen LogP contribution < -0.4 is 5.32 Å². The summed E-state index contributed by atoms with van der Waals surface area (Å²) in [6.45, 7) is 1.26. The number of hydrogen-bond donors (Lipinski definition) is 2. The Hall–Kier alpha value is -3.74. The van der Waals surface area contributed by atoms with Crippen molar-refractivity contribution in [2.45, 2.75) is 24.8 Å². The Kier molecular flexibility index (Phi) is 5.65. The molecule has 1 aliphatic rings. The first-order chi connectivity index (χ1) is 15.3. The van der Waals surface area contributed by atoms with E-state index in [4.69, 9.17) is 4.74 Å². The summed E-state index contributed by atoms with van der Waals surface area (Å²) in [5.74, 6) is -3.20. The van der Waals surface area contributed by atoms with Crippen LogP contribution in [-0.2, 0) is 16.0 Å². The number of alkyl carbamates (subject to hydrolysis) is 1. The first kappa shape index (κ1) is 21.5. The number of fused-ring (bicyclic) bond motifs is 3. The fraction of sp³-hybridized carbons (Fsp3) is 0.200. The highest BCUT2D eigenvalue weighted by molar-refractivity contribution is 5.84. The van der Waals surface area contributed by atoms with Crippen LogP contribution in [0, 0.1) is 11.6 Å². The molecule has 0 aromatic heterocycles. The second kappa shape index (κ2) is 8.42. The second-order valence-electron chi connectivity index (χ2n) is 8.00. The summed E-state index contributed by atoms with van der Waals surface area (Å²) in [6, 6.07) is 18.5. The number of halogens is 2. The number of carboxylic acids is 1. The van der Waals surface area contributed by atoms with Gasteiger partial charge in [-0.3, -0.25) is 0 Å². The molecule has 0 radical (unpaired) electrons. The largest absolute Gasteiger partial charge is 0.480 e. The third kappa shape index (κ3) is 4.06. The van der Waals surface area contributed by atoms with Crippen molar-refractivity contribution in [2.75, 3.05) is 6.61 Å². The quantitative estimate of drug-likeness (QED) is 0.576. The lowest BCUT2D eigenvalue weighted by molar-refractivity contribution is -0.143. The molecule has 0 aliphatic heterocycles. The lowest BCUT2D eigenvalue weighted by atomic mass is 9.92. The average Bonchev–Trinajstić information content (AvgIpc) is 3.08. The summed E-state index contributed by atoms with van der Waals surface area (Å²) in [4.78, 5) is 24.4. The number of hydrogen-bond acceptors (Lipinski definition) is 3. The number of ether oxygens (including phenoxy) is 1. The van der Waals surface area contributed by atoms with Crippen LogP contribution >= 0.6 is 0 Å². The van der Waals surface area contributed by atoms with Gasteiger partial charge in [0.2, 0.25) is 0 Å². The van der Waals surface area contributed by atoms with Crippen LogP contribution in [0.2, 0.25) is 0 Å². The SMILES string of the molecule is CC(Cc1ccc(F)cc1F)(NC(=O)OCC1c2ccccc2-c2ccccc21)C(=O)O. The van der Waals surface area contributed by atoms with E-state index in [9.17, 15) is 23.5 Å². The molecule has 1 aliphatic carbocycles. The van der Waals surface area contributed by atoms with Crippen molar-refractivity contribution in [3.8, 4) is 11.1 Å². The summed E-state index contributed by atoms with van der Waals surface area (Å²) < 4.78 is 32.6. The van der Waals surface area contributed by atoms with E-state index in [1.807, 2.05) is 48.5 Å². The monoisotopic (exact) mass is 437 g/mol. The molecule has 4 rings (SSSR count). The molecule has 0 fully saturated rings.